The van der Waals surface area contributed by atoms with Crippen molar-refractivity contribution >= 4 is 17.8 Å². The topological polar surface area (TPSA) is 71.1 Å². The molecule has 0 aliphatic carbocycles. The number of hydrogen-bond acceptors (Lipinski definition) is 6. The second-order valence-corrected chi connectivity index (χ2v) is 6.58. The zero-order chi connectivity index (χ0) is 22.0. The lowest BCUT2D eigenvalue weighted by Gasteiger charge is -2.08. The maximum absolute atomic E-state index is 13.8. The van der Waals surface area contributed by atoms with Crippen molar-refractivity contribution in [2.75, 3.05) is 14.2 Å². The van der Waals surface area contributed by atoms with Gasteiger partial charge in [-0.05, 0) is 48.0 Å². The maximum Gasteiger partial charge on any atom is 0.346 e. The lowest BCUT2D eigenvalue weighted by atomic mass is 10.1. The number of ketones is 1. The molecule has 0 fully saturated rings. The summed E-state index contributed by atoms with van der Waals surface area (Å²) in [6.45, 7) is 0. The van der Waals surface area contributed by atoms with Crippen molar-refractivity contribution in [3.8, 4) is 23.0 Å². The largest absolute Gasteiger partial charge is 0.493 e. The van der Waals surface area contributed by atoms with E-state index in [-0.39, 0.29) is 28.6 Å². The van der Waals surface area contributed by atoms with Crippen molar-refractivity contribution in [1.82, 2.24) is 0 Å². The van der Waals surface area contributed by atoms with Gasteiger partial charge in [-0.2, -0.15) is 0 Å². The number of methoxy groups -OCH3 is 2. The summed E-state index contributed by atoms with van der Waals surface area (Å²) in [4.78, 5) is 24.9. The van der Waals surface area contributed by atoms with Crippen LogP contribution in [0, 0.1) is 5.82 Å². The van der Waals surface area contributed by atoms with Gasteiger partial charge in [-0.25, -0.2) is 9.18 Å². The molecule has 0 radical (unpaired) electrons. The summed E-state index contributed by atoms with van der Waals surface area (Å²) in [6, 6.07) is 15.1. The first-order valence-electron chi connectivity index (χ1n) is 9.27. The molecule has 0 bridgehead atoms. The van der Waals surface area contributed by atoms with Crippen LogP contribution in [-0.4, -0.2) is 26.0 Å². The Morgan fingerprint density at radius 3 is 2.48 bits per heavy atom. The van der Waals surface area contributed by atoms with Gasteiger partial charge in [-0.1, -0.05) is 18.2 Å². The average Bonchev–Trinajstić information content (AvgIpc) is 3.08. The van der Waals surface area contributed by atoms with E-state index in [0.29, 0.717) is 22.6 Å². The van der Waals surface area contributed by atoms with E-state index >= 15 is 0 Å². The van der Waals surface area contributed by atoms with Gasteiger partial charge < -0.3 is 18.9 Å². The fourth-order valence-electron chi connectivity index (χ4n) is 3.11. The Labute approximate surface area is 177 Å². The van der Waals surface area contributed by atoms with Crippen LogP contribution in [0.25, 0.3) is 6.08 Å². The van der Waals surface area contributed by atoms with Crippen LogP contribution in [0.3, 0.4) is 0 Å². The lowest BCUT2D eigenvalue weighted by molar-refractivity contribution is 0.0729. The van der Waals surface area contributed by atoms with Gasteiger partial charge >= 0.3 is 5.97 Å². The van der Waals surface area contributed by atoms with E-state index in [9.17, 15) is 14.0 Å². The molecule has 1 aliphatic heterocycles. The number of rotatable bonds is 5. The SMILES string of the molecule is COc1ccc(C=C2Oc3cc(OC(=O)c4ccccc4F)ccc3C2=O)cc1OC. The first-order chi connectivity index (χ1) is 15.0. The number of fused-ring (bicyclic) bond motifs is 1. The zero-order valence-corrected chi connectivity index (χ0v) is 16.7. The van der Waals surface area contributed by atoms with Gasteiger partial charge in [-0.15, -0.1) is 0 Å². The van der Waals surface area contributed by atoms with Crippen molar-refractivity contribution < 1.29 is 32.9 Å². The summed E-state index contributed by atoms with van der Waals surface area (Å²) in [5.41, 5.74) is 0.825. The molecule has 0 amide bonds. The molecule has 156 valence electrons. The molecule has 7 heteroatoms. The fourth-order valence-corrected chi connectivity index (χ4v) is 3.11. The smallest absolute Gasteiger partial charge is 0.346 e. The number of esters is 1. The highest BCUT2D eigenvalue weighted by Gasteiger charge is 2.28. The first-order valence-corrected chi connectivity index (χ1v) is 9.27. The molecule has 4 rings (SSSR count). The average molecular weight is 420 g/mol. The van der Waals surface area contributed by atoms with E-state index in [1.807, 2.05) is 0 Å². The maximum atomic E-state index is 13.8. The Hall–Kier alpha value is -4.13. The number of allylic oxidation sites excluding steroid dienone is 1. The van der Waals surface area contributed by atoms with Gasteiger partial charge in [0.1, 0.15) is 17.3 Å². The number of hydrogen-bond donors (Lipinski definition) is 0. The van der Waals surface area contributed by atoms with Crippen molar-refractivity contribution in [1.29, 1.82) is 0 Å². The van der Waals surface area contributed by atoms with Crippen molar-refractivity contribution in [3.63, 3.8) is 0 Å². The molecule has 6 nitrogen and oxygen atoms in total. The van der Waals surface area contributed by atoms with Crippen molar-refractivity contribution in [3.05, 3.63) is 88.9 Å². The van der Waals surface area contributed by atoms with E-state index in [1.165, 1.54) is 56.7 Å². The first kappa shape index (κ1) is 20.2. The second kappa shape index (κ2) is 8.31. The van der Waals surface area contributed by atoms with Crippen LogP contribution in [0.1, 0.15) is 26.3 Å². The number of ether oxygens (including phenoxy) is 4. The zero-order valence-electron chi connectivity index (χ0n) is 16.7. The Morgan fingerprint density at radius 2 is 1.74 bits per heavy atom. The van der Waals surface area contributed by atoms with Gasteiger partial charge in [0.05, 0.1) is 25.3 Å². The number of Topliss-reactive ketones (excluding diaryl/α,β-unsaturated/α-hetero) is 1. The summed E-state index contributed by atoms with van der Waals surface area (Å²) in [7, 11) is 3.05. The van der Waals surface area contributed by atoms with Crippen LogP contribution in [0.4, 0.5) is 4.39 Å². The number of benzene rings is 3. The molecule has 0 spiro atoms. The third kappa shape index (κ3) is 3.98. The summed E-state index contributed by atoms with van der Waals surface area (Å²) in [6.07, 6.45) is 1.58. The molecule has 0 saturated carbocycles. The Balaban J connectivity index is 1.56. The van der Waals surface area contributed by atoms with E-state index in [4.69, 9.17) is 18.9 Å². The van der Waals surface area contributed by atoms with Gasteiger partial charge in [-0.3, -0.25) is 4.79 Å². The Bertz CT molecular complexity index is 1210. The van der Waals surface area contributed by atoms with Crippen LogP contribution in [0.5, 0.6) is 23.0 Å². The number of carbonyl (C=O) groups excluding carboxylic acids is 2. The van der Waals surface area contributed by atoms with Crippen molar-refractivity contribution in [2.24, 2.45) is 0 Å². The molecule has 31 heavy (non-hydrogen) atoms. The van der Waals surface area contributed by atoms with E-state index in [2.05, 4.69) is 0 Å². The molecular weight excluding hydrogens is 403 g/mol. The number of carbonyl (C=O) groups is 2. The van der Waals surface area contributed by atoms with Gasteiger partial charge in [0, 0.05) is 6.07 Å². The fraction of sp³-hybridized carbons (Fsp3) is 0.0833. The van der Waals surface area contributed by atoms with Crippen LogP contribution in [0.2, 0.25) is 0 Å². The van der Waals surface area contributed by atoms with E-state index < -0.39 is 11.8 Å². The highest BCUT2D eigenvalue weighted by molar-refractivity contribution is 6.14. The van der Waals surface area contributed by atoms with Crippen LogP contribution >= 0.6 is 0 Å². The highest BCUT2D eigenvalue weighted by atomic mass is 19.1. The second-order valence-electron chi connectivity index (χ2n) is 6.58. The summed E-state index contributed by atoms with van der Waals surface area (Å²) < 4.78 is 35.2. The molecule has 3 aromatic carbocycles. The third-order valence-corrected chi connectivity index (χ3v) is 4.65. The molecule has 1 heterocycles. The molecule has 0 atom stereocenters. The Kier molecular flexibility index (Phi) is 5.41. The molecule has 0 aromatic heterocycles. The summed E-state index contributed by atoms with van der Waals surface area (Å²) in [5.74, 6) is -0.266. The predicted molar refractivity (Wildman–Crippen MR) is 110 cm³/mol. The third-order valence-electron chi connectivity index (χ3n) is 4.65. The highest BCUT2D eigenvalue weighted by Crippen LogP contribution is 2.36. The quantitative estimate of drug-likeness (QED) is 0.339. The minimum absolute atomic E-state index is 0.111. The van der Waals surface area contributed by atoms with Gasteiger partial charge in [0.2, 0.25) is 5.78 Å². The molecule has 0 saturated heterocycles. The Morgan fingerprint density at radius 1 is 0.968 bits per heavy atom. The van der Waals surface area contributed by atoms with Gasteiger partial charge in [0.25, 0.3) is 0 Å². The van der Waals surface area contributed by atoms with Crippen LogP contribution < -0.4 is 18.9 Å². The standard InChI is InChI=1S/C24H17FO6/c1-28-19-10-7-14(11-21(19)29-2)12-22-23(26)17-9-8-15(13-20(17)31-22)30-24(27)16-5-3-4-6-18(16)25/h3-13H,1-2H3. The number of halogens is 1. The summed E-state index contributed by atoms with van der Waals surface area (Å²) in [5, 5.41) is 0. The molecule has 1 aliphatic rings. The van der Waals surface area contributed by atoms with E-state index in [1.54, 1.807) is 24.3 Å². The van der Waals surface area contributed by atoms with Crippen molar-refractivity contribution in [2.45, 2.75) is 0 Å². The molecule has 0 N–H and O–H groups in total. The lowest BCUT2D eigenvalue weighted by Crippen LogP contribution is -2.10. The minimum Gasteiger partial charge on any atom is -0.493 e. The van der Waals surface area contributed by atoms with Crippen LogP contribution in [-0.2, 0) is 0 Å². The molecular formula is C24H17FO6. The summed E-state index contributed by atoms with van der Waals surface area (Å²) >= 11 is 0. The monoisotopic (exact) mass is 420 g/mol. The predicted octanol–water partition coefficient (Wildman–Crippen LogP) is 4.68. The molecule has 3 aromatic rings. The van der Waals surface area contributed by atoms with E-state index in [0.717, 1.165) is 0 Å². The normalized spacial score (nSPS) is 13.5. The van der Waals surface area contributed by atoms with Gasteiger partial charge in [0.15, 0.2) is 17.3 Å². The minimum atomic E-state index is -0.844. The van der Waals surface area contributed by atoms with Crippen LogP contribution in [0.15, 0.2) is 66.4 Å². The molecule has 0 unspecified atom stereocenters.